The summed E-state index contributed by atoms with van der Waals surface area (Å²) in [5, 5.41) is 2.97. The normalized spacial score (nSPS) is 16.9. The molecule has 1 aliphatic heterocycles. The molecule has 0 aromatic carbocycles. The van der Waals surface area contributed by atoms with Gasteiger partial charge in [0.25, 0.3) is 0 Å². The number of hydrogen-bond donors (Lipinski definition) is 2. The van der Waals surface area contributed by atoms with E-state index in [4.69, 9.17) is 0 Å². The highest BCUT2D eigenvalue weighted by Crippen LogP contribution is 2.24. The fourth-order valence-corrected chi connectivity index (χ4v) is 3.25. The van der Waals surface area contributed by atoms with Crippen LogP contribution in [0.15, 0.2) is 12.5 Å². The minimum absolute atomic E-state index is 0.196. The van der Waals surface area contributed by atoms with Crippen LogP contribution >= 0.6 is 11.8 Å². The summed E-state index contributed by atoms with van der Waals surface area (Å²) in [5.74, 6) is 3.22. The summed E-state index contributed by atoms with van der Waals surface area (Å²) in [6.07, 6.45) is 7.37. The predicted molar refractivity (Wildman–Crippen MR) is 70.0 cm³/mol. The number of H-pyrrole nitrogens is 1. The second-order valence-electron chi connectivity index (χ2n) is 4.44. The summed E-state index contributed by atoms with van der Waals surface area (Å²) in [6.45, 7) is 0.697. The summed E-state index contributed by atoms with van der Waals surface area (Å²) in [7, 11) is 0. The van der Waals surface area contributed by atoms with Crippen LogP contribution in [-0.4, -0.2) is 33.9 Å². The zero-order valence-corrected chi connectivity index (χ0v) is 10.8. The van der Waals surface area contributed by atoms with E-state index in [1.165, 1.54) is 24.3 Å². The number of imidazole rings is 1. The number of carbonyl (C=O) groups excluding carboxylic acids is 1. The van der Waals surface area contributed by atoms with Crippen LogP contribution in [0.3, 0.4) is 0 Å². The van der Waals surface area contributed by atoms with Crippen molar-refractivity contribution < 1.29 is 4.79 Å². The first kappa shape index (κ1) is 12.5. The van der Waals surface area contributed by atoms with Crippen LogP contribution in [0.4, 0.5) is 0 Å². The molecule has 0 spiro atoms. The Balaban J connectivity index is 1.60. The molecular formula is C12H19N3OS. The van der Waals surface area contributed by atoms with E-state index in [-0.39, 0.29) is 5.91 Å². The van der Waals surface area contributed by atoms with Crippen molar-refractivity contribution in [1.29, 1.82) is 0 Å². The number of nitrogens with one attached hydrogen (secondary N) is 2. The molecule has 5 heteroatoms. The van der Waals surface area contributed by atoms with Crippen molar-refractivity contribution in [1.82, 2.24) is 15.3 Å². The van der Waals surface area contributed by atoms with Gasteiger partial charge in [-0.2, -0.15) is 11.8 Å². The van der Waals surface area contributed by atoms with E-state index in [2.05, 4.69) is 15.3 Å². The van der Waals surface area contributed by atoms with E-state index in [9.17, 15) is 4.79 Å². The molecule has 1 saturated heterocycles. The molecule has 1 amide bonds. The van der Waals surface area contributed by atoms with Crippen molar-refractivity contribution in [3.05, 3.63) is 18.2 Å². The molecule has 1 fully saturated rings. The molecule has 2 N–H and O–H groups in total. The smallest absolute Gasteiger partial charge is 0.220 e. The predicted octanol–water partition coefficient (Wildman–Crippen LogP) is 1.60. The maximum absolute atomic E-state index is 11.7. The van der Waals surface area contributed by atoms with Gasteiger partial charge in [0.15, 0.2) is 0 Å². The van der Waals surface area contributed by atoms with Gasteiger partial charge in [0.2, 0.25) is 5.91 Å². The number of thioether (sulfide) groups is 1. The molecule has 0 unspecified atom stereocenters. The summed E-state index contributed by atoms with van der Waals surface area (Å²) in [6, 6.07) is 0. The standard InChI is InChI=1S/C12H19N3OS/c16-12(7-10-2-5-17-6-3-10)14-4-1-11-8-13-9-15-11/h8-10H,1-7H2,(H,13,15)(H,14,16). The van der Waals surface area contributed by atoms with E-state index in [1.54, 1.807) is 12.5 Å². The fourth-order valence-electron chi connectivity index (χ4n) is 2.04. The van der Waals surface area contributed by atoms with Gasteiger partial charge in [0, 0.05) is 31.3 Å². The molecule has 17 heavy (non-hydrogen) atoms. The largest absolute Gasteiger partial charge is 0.356 e. The molecule has 94 valence electrons. The lowest BCUT2D eigenvalue weighted by molar-refractivity contribution is -0.122. The summed E-state index contributed by atoms with van der Waals surface area (Å²) < 4.78 is 0. The Bertz CT molecular complexity index is 334. The van der Waals surface area contributed by atoms with Crippen molar-refractivity contribution in [3.8, 4) is 0 Å². The highest BCUT2D eigenvalue weighted by molar-refractivity contribution is 7.99. The van der Waals surface area contributed by atoms with Gasteiger partial charge in [-0.15, -0.1) is 0 Å². The Morgan fingerprint density at radius 2 is 2.35 bits per heavy atom. The van der Waals surface area contributed by atoms with Crippen LogP contribution in [0.1, 0.15) is 25.0 Å². The maximum Gasteiger partial charge on any atom is 0.220 e. The average molecular weight is 253 g/mol. The van der Waals surface area contributed by atoms with Gasteiger partial charge in [0.05, 0.1) is 6.33 Å². The van der Waals surface area contributed by atoms with Gasteiger partial charge < -0.3 is 10.3 Å². The van der Waals surface area contributed by atoms with Crippen LogP contribution in [0.2, 0.25) is 0 Å². The summed E-state index contributed by atoms with van der Waals surface area (Å²) in [5.41, 5.74) is 1.07. The Labute approximate surface area is 106 Å². The first-order valence-corrected chi connectivity index (χ1v) is 7.32. The number of rotatable bonds is 5. The third kappa shape index (κ3) is 4.42. The van der Waals surface area contributed by atoms with Crippen LogP contribution < -0.4 is 5.32 Å². The number of hydrogen-bond acceptors (Lipinski definition) is 3. The highest BCUT2D eigenvalue weighted by atomic mass is 32.2. The molecular weight excluding hydrogens is 234 g/mol. The van der Waals surface area contributed by atoms with Crippen LogP contribution in [0, 0.1) is 5.92 Å². The van der Waals surface area contributed by atoms with Gasteiger partial charge in [0.1, 0.15) is 0 Å². The van der Waals surface area contributed by atoms with E-state index in [1.807, 2.05) is 11.8 Å². The summed E-state index contributed by atoms with van der Waals surface area (Å²) >= 11 is 2.00. The highest BCUT2D eigenvalue weighted by Gasteiger charge is 2.16. The SMILES string of the molecule is O=C(CC1CCSCC1)NCCc1cnc[nH]1. The molecule has 1 aromatic rings. The van der Waals surface area contributed by atoms with Crippen LogP contribution in [0.5, 0.6) is 0 Å². The molecule has 1 aliphatic rings. The van der Waals surface area contributed by atoms with E-state index in [0.29, 0.717) is 18.9 Å². The molecule has 0 aliphatic carbocycles. The van der Waals surface area contributed by atoms with Gasteiger partial charge in [-0.3, -0.25) is 4.79 Å². The Kier molecular flexibility index (Phi) is 4.91. The zero-order chi connectivity index (χ0) is 11.9. The van der Waals surface area contributed by atoms with E-state index in [0.717, 1.165) is 12.1 Å². The van der Waals surface area contributed by atoms with Crippen LogP contribution in [0.25, 0.3) is 0 Å². The second-order valence-corrected chi connectivity index (χ2v) is 5.66. The first-order valence-electron chi connectivity index (χ1n) is 6.16. The number of aromatic amines is 1. The van der Waals surface area contributed by atoms with Crippen molar-refractivity contribution in [3.63, 3.8) is 0 Å². The van der Waals surface area contributed by atoms with Crippen LogP contribution in [-0.2, 0) is 11.2 Å². The number of aromatic nitrogens is 2. The number of carbonyl (C=O) groups is 1. The van der Waals surface area contributed by atoms with Gasteiger partial charge >= 0.3 is 0 Å². The molecule has 0 saturated carbocycles. The minimum atomic E-state index is 0.196. The van der Waals surface area contributed by atoms with E-state index >= 15 is 0 Å². The topological polar surface area (TPSA) is 57.8 Å². The lowest BCUT2D eigenvalue weighted by Crippen LogP contribution is -2.28. The third-order valence-corrected chi connectivity index (χ3v) is 4.14. The summed E-state index contributed by atoms with van der Waals surface area (Å²) in [4.78, 5) is 18.7. The van der Waals surface area contributed by atoms with E-state index < -0.39 is 0 Å². The zero-order valence-electron chi connectivity index (χ0n) is 9.95. The van der Waals surface area contributed by atoms with Crippen molar-refractivity contribution in [2.45, 2.75) is 25.7 Å². The van der Waals surface area contributed by atoms with Gasteiger partial charge in [-0.25, -0.2) is 4.98 Å². The molecule has 2 rings (SSSR count). The number of nitrogens with zero attached hydrogens (tertiary/aromatic N) is 1. The molecule has 0 bridgehead atoms. The van der Waals surface area contributed by atoms with Gasteiger partial charge in [-0.1, -0.05) is 0 Å². The third-order valence-electron chi connectivity index (χ3n) is 3.09. The Morgan fingerprint density at radius 1 is 1.53 bits per heavy atom. The quantitative estimate of drug-likeness (QED) is 0.838. The first-order chi connectivity index (χ1) is 8.34. The molecule has 1 aromatic heterocycles. The molecule has 0 atom stereocenters. The Hall–Kier alpha value is -0.970. The molecule has 0 radical (unpaired) electrons. The van der Waals surface area contributed by atoms with Gasteiger partial charge in [-0.05, 0) is 30.3 Å². The molecule has 4 nitrogen and oxygen atoms in total. The van der Waals surface area contributed by atoms with Crippen molar-refractivity contribution in [2.24, 2.45) is 5.92 Å². The lowest BCUT2D eigenvalue weighted by atomic mass is 9.98. The van der Waals surface area contributed by atoms with Crippen molar-refractivity contribution >= 4 is 17.7 Å². The lowest BCUT2D eigenvalue weighted by Gasteiger charge is -2.20. The maximum atomic E-state index is 11.7. The monoisotopic (exact) mass is 253 g/mol. The number of amides is 1. The fraction of sp³-hybridized carbons (Fsp3) is 0.667. The molecule has 2 heterocycles. The Morgan fingerprint density at radius 3 is 3.06 bits per heavy atom. The second kappa shape index (κ2) is 6.69. The minimum Gasteiger partial charge on any atom is -0.356 e. The average Bonchev–Trinajstić information content (AvgIpc) is 2.83. The van der Waals surface area contributed by atoms with Crippen molar-refractivity contribution in [2.75, 3.05) is 18.1 Å².